The molecule has 0 unspecified atom stereocenters. The van der Waals surface area contributed by atoms with E-state index in [-0.39, 0.29) is 6.17 Å². The molecule has 0 bridgehead atoms. The second-order valence-corrected chi connectivity index (χ2v) is 10.6. The molecule has 0 saturated heterocycles. The number of anilines is 2. The third-order valence-electron chi connectivity index (χ3n) is 6.95. The summed E-state index contributed by atoms with van der Waals surface area (Å²) in [6, 6.07) is 16.5. The Hall–Kier alpha value is -2.56. The summed E-state index contributed by atoms with van der Waals surface area (Å²) < 4.78 is 4.22. The predicted octanol–water partition coefficient (Wildman–Crippen LogP) is 7.94. The van der Waals surface area contributed by atoms with E-state index in [2.05, 4.69) is 77.4 Å². The molecule has 36 heavy (non-hydrogen) atoms. The first kappa shape index (κ1) is 26.5. The highest BCUT2D eigenvalue weighted by Gasteiger charge is 2.17. The van der Waals surface area contributed by atoms with Crippen molar-refractivity contribution < 1.29 is 9.13 Å². The lowest BCUT2D eigenvalue weighted by Gasteiger charge is -2.23. The number of pyridine rings is 2. The van der Waals surface area contributed by atoms with Crippen LogP contribution in [-0.4, -0.2) is 6.17 Å². The number of fused-ring (bicyclic) bond motifs is 2. The van der Waals surface area contributed by atoms with Crippen molar-refractivity contribution in [2.75, 3.05) is 10.6 Å². The van der Waals surface area contributed by atoms with Crippen molar-refractivity contribution in [3.8, 4) is 0 Å². The molecule has 2 aromatic carbocycles. The second-order valence-electron chi connectivity index (χ2n) is 9.75. The average Bonchev–Trinajstić information content (AvgIpc) is 2.87. The van der Waals surface area contributed by atoms with E-state index < -0.39 is 0 Å². The monoisotopic (exact) mass is 524 g/mol. The fourth-order valence-electron chi connectivity index (χ4n) is 4.87. The summed E-state index contributed by atoms with van der Waals surface area (Å²) in [4.78, 5) is 0. The highest BCUT2D eigenvalue weighted by molar-refractivity contribution is 6.31. The Morgan fingerprint density at radius 1 is 0.667 bits per heavy atom. The summed E-state index contributed by atoms with van der Waals surface area (Å²) >= 11 is 12.6. The van der Waals surface area contributed by atoms with Crippen LogP contribution >= 0.6 is 23.2 Å². The molecule has 0 atom stereocenters. The maximum Gasteiger partial charge on any atom is 0.215 e. The highest BCUT2D eigenvalue weighted by Crippen LogP contribution is 2.28. The summed E-state index contributed by atoms with van der Waals surface area (Å²) in [5.41, 5.74) is 4.42. The number of unbranched alkanes of at least 4 members (excludes halogenated alkanes) is 6. The predicted molar refractivity (Wildman–Crippen MR) is 154 cm³/mol. The molecule has 4 nitrogen and oxygen atoms in total. The van der Waals surface area contributed by atoms with Gasteiger partial charge >= 0.3 is 0 Å². The zero-order valence-electron chi connectivity index (χ0n) is 21.7. The Balaban J connectivity index is 1.58. The standard InChI is InChI=1S/C30H36Cl2N4/c1-4-5-6-7-8-9-10-11-30(33-26-16-18-35(2)28-20-22(31)12-14-24(26)28)34-27-17-19-36(3)29-21-23(32)13-15-25(27)29/h12-21,30H,4-11H2,1-3H3/p+2. The Labute approximate surface area is 225 Å². The first-order valence-corrected chi connectivity index (χ1v) is 13.9. The minimum Gasteiger partial charge on any atom is -0.364 e. The SMILES string of the molecule is CCCCCCCCCC(Nc1cc[n+](C)c2cc(Cl)ccc12)Nc1cc[n+](C)c2cc(Cl)ccc12. The number of nitrogens with one attached hydrogen (secondary N) is 2. The van der Waals surface area contributed by atoms with E-state index in [0.29, 0.717) is 0 Å². The molecule has 2 heterocycles. The van der Waals surface area contributed by atoms with Crippen molar-refractivity contribution >= 4 is 56.4 Å². The van der Waals surface area contributed by atoms with Gasteiger partial charge in [0, 0.05) is 34.3 Å². The van der Waals surface area contributed by atoms with Crippen molar-refractivity contribution in [2.45, 2.75) is 64.5 Å². The third kappa shape index (κ3) is 6.60. The number of benzene rings is 2. The molecule has 0 aliphatic carbocycles. The van der Waals surface area contributed by atoms with Gasteiger partial charge in [0.15, 0.2) is 12.4 Å². The van der Waals surface area contributed by atoms with Crippen LogP contribution in [0.4, 0.5) is 11.4 Å². The molecule has 0 radical (unpaired) electrons. The van der Waals surface area contributed by atoms with Gasteiger partial charge in [-0.15, -0.1) is 0 Å². The van der Waals surface area contributed by atoms with Gasteiger partial charge in [-0.3, -0.25) is 0 Å². The van der Waals surface area contributed by atoms with Gasteiger partial charge in [0.2, 0.25) is 11.0 Å². The first-order chi connectivity index (χ1) is 17.5. The zero-order chi connectivity index (χ0) is 25.5. The lowest BCUT2D eigenvalue weighted by molar-refractivity contribution is -0.644. The van der Waals surface area contributed by atoms with Crippen molar-refractivity contribution in [1.82, 2.24) is 0 Å². The molecule has 4 aromatic rings. The van der Waals surface area contributed by atoms with Crippen LogP contribution in [0.5, 0.6) is 0 Å². The van der Waals surface area contributed by atoms with E-state index >= 15 is 0 Å². The van der Waals surface area contributed by atoms with Crippen LogP contribution in [0.25, 0.3) is 21.8 Å². The molecule has 0 saturated carbocycles. The zero-order valence-corrected chi connectivity index (χ0v) is 23.2. The van der Waals surface area contributed by atoms with Crippen molar-refractivity contribution in [3.05, 3.63) is 71.0 Å². The normalized spacial score (nSPS) is 11.5. The van der Waals surface area contributed by atoms with E-state index in [9.17, 15) is 0 Å². The third-order valence-corrected chi connectivity index (χ3v) is 7.42. The quantitative estimate of drug-likeness (QED) is 0.112. The van der Waals surface area contributed by atoms with Crippen LogP contribution < -0.4 is 19.8 Å². The van der Waals surface area contributed by atoms with E-state index in [4.69, 9.17) is 23.2 Å². The van der Waals surface area contributed by atoms with Crippen molar-refractivity contribution in [3.63, 3.8) is 0 Å². The Morgan fingerprint density at radius 2 is 1.14 bits per heavy atom. The molecule has 0 aliphatic rings. The molecule has 2 aromatic heterocycles. The van der Waals surface area contributed by atoms with E-state index in [1.165, 1.54) is 44.9 Å². The number of aryl methyl sites for hydroxylation is 2. The van der Waals surface area contributed by atoms with Crippen LogP contribution in [-0.2, 0) is 14.1 Å². The van der Waals surface area contributed by atoms with E-state index in [0.717, 1.165) is 49.6 Å². The lowest BCUT2D eigenvalue weighted by Crippen LogP contribution is -2.33. The number of aromatic nitrogens is 2. The Bertz CT molecular complexity index is 1230. The smallest absolute Gasteiger partial charge is 0.215 e. The van der Waals surface area contributed by atoms with Crippen LogP contribution in [0.2, 0.25) is 10.0 Å². The molecule has 0 fully saturated rings. The maximum absolute atomic E-state index is 6.31. The summed E-state index contributed by atoms with van der Waals surface area (Å²) in [5, 5.41) is 11.4. The van der Waals surface area contributed by atoms with Gasteiger partial charge in [0.05, 0.1) is 28.3 Å². The molecular weight excluding hydrogens is 487 g/mol. The fraction of sp³-hybridized carbons (Fsp3) is 0.400. The van der Waals surface area contributed by atoms with Crippen LogP contribution in [0, 0.1) is 0 Å². The minimum absolute atomic E-state index is 0.0822. The molecule has 190 valence electrons. The van der Waals surface area contributed by atoms with Gasteiger partial charge in [-0.25, -0.2) is 9.13 Å². The molecule has 6 heteroatoms. The number of nitrogens with zero attached hydrogens (tertiary/aromatic N) is 2. The van der Waals surface area contributed by atoms with Gasteiger partial charge in [-0.1, -0.05) is 68.7 Å². The molecular formula is C30H38Cl2N4+2. The van der Waals surface area contributed by atoms with Gasteiger partial charge < -0.3 is 10.6 Å². The van der Waals surface area contributed by atoms with Crippen LogP contribution in [0.1, 0.15) is 58.3 Å². The number of hydrogen-bond acceptors (Lipinski definition) is 2. The molecule has 0 spiro atoms. The largest absolute Gasteiger partial charge is 0.364 e. The van der Waals surface area contributed by atoms with Crippen molar-refractivity contribution in [1.29, 1.82) is 0 Å². The Morgan fingerprint density at radius 3 is 1.64 bits per heavy atom. The van der Waals surface area contributed by atoms with E-state index in [1.807, 2.05) is 24.3 Å². The summed E-state index contributed by atoms with van der Waals surface area (Å²) in [5.74, 6) is 0. The second kappa shape index (κ2) is 12.6. The first-order valence-electron chi connectivity index (χ1n) is 13.1. The van der Waals surface area contributed by atoms with E-state index in [1.54, 1.807) is 0 Å². The van der Waals surface area contributed by atoms with Crippen molar-refractivity contribution in [2.24, 2.45) is 14.1 Å². The number of hydrogen-bond donors (Lipinski definition) is 2. The summed E-state index contributed by atoms with van der Waals surface area (Å²) in [6.07, 6.45) is 14.3. The number of halogens is 2. The van der Waals surface area contributed by atoms with Gasteiger partial charge in [0.1, 0.15) is 14.1 Å². The molecule has 2 N–H and O–H groups in total. The fourth-order valence-corrected chi connectivity index (χ4v) is 5.21. The van der Waals surface area contributed by atoms with Crippen LogP contribution in [0.15, 0.2) is 60.9 Å². The summed E-state index contributed by atoms with van der Waals surface area (Å²) in [6.45, 7) is 2.27. The number of rotatable bonds is 12. The highest BCUT2D eigenvalue weighted by atomic mass is 35.5. The Kier molecular flexibility index (Phi) is 9.28. The summed E-state index contributed by atoms with van der Waals surface area (Å²) in [7, 11) is 4.11. The van der Waals surface area contributed by atoms with Crippen LogP contribution in [0.3, 0.4) is 0 Å². The average molecular weight is 526 g/mol. The van der Waals surface area contributed by atoms with Gasteiger partial charge in [-0.05, 0) is 37.1 Å². The lowest BCUT2D eigenvalue weighted by atomic mass is 10.1. The topological polar surface area (TPSA) is 31.8 Å². The molecule has 4 rings (SSSR count). The van der Waals surface area contributed by atoms with Gasteiger partial charge in [-0.2, -0.15) is 0 Å². The van der Waals surface area contributed by atoms with Gasteiger partial charge in [0.25, 0.3) is 0 Å². The minimum atomic E-state index is 0.0822. The molecule has 0 amide bonds. The maximum atomic E-state index is 6.31. The molecule has 0 aliphatic heterocycles.